The van der Waals surface area contributed by atoms with Gasteiger partial charge >= 0.3 is 0 Å². The van der Waals surface area contributed by atoms with Crippen molar-refractivity contribution in [3.8, 4) is 0 Å². The Labute approximate surface area is 82.5 Å². The van der Waals surface area contributed by atoms with Gasteiger partial charge in [0.2, 0.25) is 0 Å². The molecule has 0 fully saturated rings. The number of hydrogen-bond donors (Lipinski definition) is 0. The molecule has 0 atom stereocenters. The summed E-state index contributed by atoms with van der Waals surface area (Å²) in [7, 11) is 5.67. The van der Waals surface area contributed by atoms with Crippen LogP contribution in [-0.2, 0) is 0 Å². The lowest BCUT2D eigenvalue weighted by molar-refractivity contribution is 1.47. The van der Waals surface area contributed by atoms with Crippen LogP contribution in [0.25, 0.3) is 0 Å². The Morgan fingerprint density at radius 2 is 1.62 bits per heavy atom. The second-order valence-electron chi connectivity index (χ2n) is 3.13. The van der Waals surface area contributed by atoms with Gasteiger partial charge in [-0.05, 0) is 19.4 Å². The largest absolute Gasteiger partial charge is 0.113 e. The van der Waals surface area contributed by atoms with Crippen LogP contribution in [0.1, 0.15) is 13.8 Å². The Bertz CT molecular complexity index is 290. The number of rotatable bonds is 4. The van der Waals surface area contributed by atoms with Gasteiger partial charge in [0.05, 0.1) is 0 Å². The molecule has 0 heterocycles. The maximum absolute atomic E-state index is 5.67. The molecule has 0 aromatic rings. The molecule has 0 aliphatic carbocycles. The minimum absolute atomic E-state index is 0.676. The number of hydrogen-bond acceptors (Lipinski definition) is 0. The van der Waals surface area contributed by atoms with Gasteiger partial charge in [0.1, 0.15) is 7.85 Å². The third-order valence-corrected chi connectivity index (χ3v) is 1.44. The lowest BCUT2D eigenvalue weighted by atomic mass is 9.92. The molecule has 0 saturated heterocycles. The zero-order valence-corrected chi connectivity index (χ0v) is 8.43. The minimum Gasteiger partial charge on any atom is -0.0964 e. The van der Waals surface area contributed by atoms with E-state index in [-0.39, 0.29) is 0 Å². The predicted molar refractivity (Wildman–Crippen MR) is 61.7 cm³/mol. The molecule has 0 spiro atoms. The minimum atomic E-state index is 0.676. The molecule has 0 aliphatic heterocycles. The maximum atomic E-state index is 5.67. The first-order chi connectivity index (χ1) is 5.93. The Morgan fingerprint density at radius 1 is 1.08 bits per heavy atom. The van der Waals surface area contributed by atoms with Gasteiger partial charge in [0, 0.05) is 0 Å². The lowest BCUT2D eigenvalue weighted by Gasteiger charge is -1.97. The van der Waals surface area contributed by atoms with Gasteiger partial charge in [-0.25, -0.2) is 0 Å². The van der Waals surface area contributed by atoms with E-state index in [1.165, 1.54) is 0 Å². The first-order valence-electron chi connectivity index (χ1n) is 4.09. The van der Waals surface area contributed by atoms with Crippen molar-refractivity contribution in [1.29, 1.82) is 0 Å². The highest BCUT2D eigenvalue weighted by Gasteiger charge is 1.87. The summed E-state index contributed by atoms with van der Waals surface area (Å²) >= 11 is 0. The smallest absolute Gasteiger partial charge is 0.0964 e. The highest BCUT2D eigenvalue weighted by molar-refractivity contribution is 6.23. The molecule has 0 aromatic heterocycles. The summed E-state index contributed by atoms with van der Waals surface area (Å²) in [5.41, 5.74) is 3.44. The standard InChI is InChI=1S/C12H15B/c1-9(2)8-12(13)7-6-11(5)10(3)4/h6-8H,1,3,5H2,2,4H3. The van der Waals surface area contributed by atoms with Crippen LogP contribution in [0.4, 0.5) is 0 Å². The summed E-state index contributed by atoms with van der Waals surface area (Å²) < 4.78 is 0. The first kappa shape index (κ1) is 11.8. The second kappa shape index (κ2) is 5.42. The average molecular weight is 170 g/mol. The van der Waals surface area contributed by atoms with Crippen molar-refractivity contribution in [3.05, 3.63) is 60.2 Å². The molecule has 0 bridgehead atoms. The molecule has 0 rings (SSSR count). The van der Waals surface area contributed by atoms with Crippen LogP contribution in [0.3, 0.4) is 0 Å². The zero-order chi connectivity index (χ0) is 10.4. The Kier molecular flexibility index (Phi) is 4.90. The molecular weight excluding hydrogens is 155 g/mol. The van der Waals surface area contributed by atoms with Gasteiger partial charge in [-0.3, -0.25) is 0 Å². The fourth-order valence-corrected chi connectivity index (χ4v) is 0.672. The maximum Gasteiger partial charge on any atom is 0.113 e. The third-order valence-electron chi connectivity index (χ3n) is 1.44. The molecule has 1 heteroatoms. The Morgan fingerprint density at radius 3 is 2.00 bits per heavy atom. The quantitative estimate of drug-likeness (QED) is 0.448. The van der Waals surface area contributed by atoms with E-state index in [2.05, 4.69) is 19.7 Å². The van der Waals surface area contributed by atoms with Crippen LogP contribution in [0.15, 0.2) is 60.2 Å². The van der Waals surface area contributed by atoms with E-state index >= 15 is 0 Å². The SMILES string of the molecule is [B]C(C=CC(=C)C(=C)C)=CC(=C)C. The highest BCUT2D eigenvalue weighted by Crippen LogP contribution is 2.06. The summed E-state index contributed by atoms with van der Waals surface area (Å²) in [6, 6.07) is 0. The van der Waals surface area contributed by atoms with Crippen molar-refractivity contribution in [2.75, 3.05) is 0 Å². The normalized spacial score (nSPS) is 11.7. The highest BCUT2D eigenvalue weighted by atomic mass is 13.9. The molecule has 0 nitrogen and oxygen atoms in total. The van der Waals surface area contributed by atoms with Crippen molar-refractivity contribution >= 4 is 7.85 Å². The van der Waals surface area contributed by atoms with Crippen LogP contribution >= 0.6 is 0 Å². The van der Waals surface area contributed by atoms with Gasteiger partial charge in [0.15, 0.2) is 0 Å². The fourth-order valence-electron chi connectivity index (χ4n) is 0.672. The van der Waals surface area contributed by atoms with Crippen LogP contribution < -0.4 is 0 Å². The van der Waals surface area contributed by atoms with Crippen LogP contribution in [0, 0.1) is 0 Å². The molecule has 0 aromatic carbocycles. The summed E-state index contributed by atoms with van der Waals surface area (Å²) in [6.45, 7) is 15.1. The second-order valence-corrected chi connectivity index (χ2v) is 3.13. The van der Waals surface area contributed by atoms with E-state index in [9.17, 15) is 0 Å². The van der Waals surface area contributed by atoms with E-state index in [0.29, 0.717) is 5.47 Å². The van der Waals surface area contributed by atoms with Gasteiger partial charge in [-0.15, -0.1) is 0 Å². The van der Waals surface area contributed by atoms with Crippen molar-refractivity contribution in [3.63, 3.8) is 0 Å². The van der Waals surface area contributed by atoms with E-state index in [1.807, 2.05) is 26.0 Å². The van der Waals surface area contributed by atoms with Crippen molar-refractivity contribution in [1.82, 2.24) is 0 Å². The molecule has 0 unspecified atom stereocenters. The van der Waals surface area contributed by atoms with Gasteiger partial charge in [0.25, 0.3) is 0 Å². The van der Waals surface area contributed by atoms with Crippen LogP contribution in [0.5, 0.6) is 0 Å². The van der Waals surface area contributed by atoms with E-state index in [4.69, 9.17) is 7.85 Å². The fraction of sp³-hybridized carbons (Fsp3) is 0.167. The van der Waals surface area contributed by atoms with Gasteiger partial charge < -0.3 is 0 Å². The van der Waals surface area contributed by atoms with Crippen LogP contribution in [0.2, 0.25) is 0 Å². The molecule has 2 radical (unpaired) electrons. The predicted octanol–water partition coefficient (Wildman–Crippen LogP) is 3.30. The molecular formula is C12H15B. The Hall–Kier alpha value is -1.24. The van der Waals surface area contributed by atoms with E-state index in [1.54, 1.807) is 6.08 Å². The molecule has 13 heavy (non-hydrogen) atoms. The number of allylic oxidation sites excluding steroid dienone is 7. The molecule has 0 amide bonds. The monoisotopic (exact) mass is 170 g/mol. The molecule has 0 N–H and O–H groups in total. The lowest BCUT2D eigenvalue weighted by Crippen LogP contribution is -1.79. The van der Waals surface area contributed by atoms with Crippen molar-refractivity contribution < 1.29 is 0 Å². The van der Waals surface area contributed by atoms with Crippen LogP contribution in [-0.4, -0.2) is 7.85 Å². The summed E-state index contributed by atoms with van der Waals surface area (Å²) in [4.78, 5) is 0. The molecule has 0 saturated carbocycles. The summed E-state index contributed by atoms with van der Waals surface area (Å²) in [5, 5.41) is 0. The summed E-state index contributed by atoms with van der Waals surface area (Å²) in [5.74, 6) is 0. The Balaban J connectivity index is 4.36. The van der Waals surface area contributed by atoms with Gasteiger partial charge in [-0.1, -0.05) is 54.6 Å². The molecule has 66 valence electrons. The molecule has 0 aliphatic rings. The average Bonchev–Trinajstić information content (AvgIpc) is 1.98. The third kappa shape index (κ3) is 5.97. The van der Waals surface area contributed by atoms with Crippen molar-refractivity contribution in [2.24, 2.45) is 0 Å². The first-order valence-corrected chi connectivity index (χ1v) is 4.09. The van der Waals surface area contributed by atoms with E-state index < -0.39 is 0 Å². The van der Waals surface area contributed by atoms with Gasteiger partial charge in [-0.2, -0.15) is 0 Å². The zero-order valence-electron chi connectivity index (χ0n) is 8.43. The topological polar surface area (TPSA) is 0 Å². The van der Waals surface area contributed by atoms with Crippen molar-refractivity contribution in [2.45, 2.75) is 13.8 Å². The summed E-state index contributed by atoms with van der Waals surface area (Å²) in [6.07, 6.45) is 5.45. The van der Waals surface area contributed by atoms with E-state index in [0.717, 1.165) is 16.7 Å².